The zero-order valence-corrected chi connectivity index (χ0v) is 12.6. The third kappa shape index (κ3) is 2.38. The first-order valence-corrected chi connectivity index (χ1v) is 6.99. The molecule has 0 radical (unpaired) electrons. The van der Waals surface area contributed by atoms with Gasteiger partial charge in [0.05, 0.1) is 5.69 Å². The van der Waals surface area contributed by atoms with E-state index in [1.165, 1.54) is 11.9 Å². The van der Waals surface area contributed by atoms with E-state index in [2.05, 4.69) is 41.3 Å². The standard InChI is InChI=1S/C14H22N6/c1-5-7-12-13(18-15)16-8-17-14(12)20-10(4)11(6-2)9(3)19-20/h8H,5-7,15H2,1-4H3,(H,16,17,18). The lowest BCUT2D eigenvalue weighted by Crippen LogP contribution is -2.15. The highest BCUT2D eigenvalue weighted by Gasteiger charge is 2.17. The van der Waals surface area contributed by atoms with Gasteiger partial charge in [-0.05, 0) is 32.3 Å². The second-order valence-electron chi connectivity index (χ2n) is 4.83. The predicted octanol–water partition coefficient (Wildman–Crippen LogP) is 2.08. The minimum atomic E-state index is 0.669. The summed E-state index contributed by atoms with van der Waals surface area (Å²) in [4.78, 5) is 8.61. The Labute approximate surface area is 119 Å². The number of nitrogens with one attached hydrogen (secondary N) is 1. The lowest BCUT2D eigenvalue weighted by molar-refractivity contribution is 0.771. The molecule has 0 aromatic carbocycles. The predicted molar refractivity (Wildman–Crippen MR) is 79.8 cm³/mol. The van der Waals surface area contributed by atoms with Crippen molar-refractivity contribution in [3.05, 3.63) is 28.8 Å². The molecule has 0 unspecified atom stereocenters. The van der Waals surface area contributed by atoms with Gasteiger partial charge in [-0.1, -0.05) is 20.3 Å². The third-order valence-corrected chi connectivity index (χ3v) is 3.55. The van der Waals surface area contributed by atoms with Gasteiger partial charge in [-0.15, -0.1) is 0 Å². The normalized spacial score (nSPS) is 10.8. The molecule has 108 valence electrons. The van der Waals surface area contributed by atoms with Crippen LogP contribution in [0.4, 0.5) is 5.82 Å². The van der Waals surface area contributed by atoms with Gasteiger partial charge in [-0.25, -0.2) is 20.5 Å². The molecule has 0 amide bonds. The second kappa shape index (κ2) is 6.00. The summed E-state index contributed by atoms with van der Waals surface area (Å²) in [6.45, 7) is 8.37. The molecule has 20 heavy (non-hydrogen) atoms. The highest BCUT2D eigenvalue weighted by atomic mass is 15.3. The van der Waals surface area contributed by atoms with E-state index in [4.69, 9.17) is 5.84 Å². The molecule has 2 heterocycles. The maximum Gasteiger partial charge on any atom is 0.162 e. The van der Waals surface area contributed by atoms with Crippen molar-refractivity contribution < 1.29 is 0 Å². The van der Waals surface area contributed by atoms with Gasteiger partial charge in [0.2, 0.25) is 0 Å². The Kier molecular flexibility index (Phi) is 4.34. The minimum Gasteiger partial charge on any atom is -0.308 e. The van der Waals surface area contributed by atoms with Crippen LogP contribution in [0.1, 0.15) is 42.8 Å². The van der Waals surface area contributed by atoms with E-state index in [0.29, 0.717) is 5.82 Å². The fraction of sp³-hybridized carbons (Fsp3) is 0.500. The average molecular weight is 274 g/mol. The van der Waals surface area contributed by atoms with Crippen LogP contribution in [0, 0.1) is 13.8 Å². The van der Waals surface area contributed by atoms with Crippen molar-refractivity contribution in [2.45, 2.75) is 47.0 Å². The van der Waals surface area contributed by atoms with Crippen molar-refractivity contribution in [3.63, 3.8) is 0 Å². The van der Waals surface area contributed by atoms with Crippen LogP contribution < -0.4 is 11.3 Å². The topological polar surface area (TPSA) is 81.6 Å². The Balaban J connectivity index is 2.63. The highest BCUT2D eigenvalue weighted by Crippen LogP contribution is 2.23. The van der Waals surface area contributed by atoms with Gasteiger partial charge in [-0.2, -0.15) is 5.10 Å². The van der Waals surface area contributed by atoms with Crippen molar-refractivity contribution in [3.8, 4) is 5.82 Å². The fourth-order valence-electron chi connectivity index (χ4n) is 2.58. The van der Waals surface area contributed by atoms with Gasteiger partial charge in [0, 0.05) is 11.3 Å². The Morgan fingerprint density at radius 3 is 2.50 bits per heavy atom. The number of anilines is 1. The summed E-state index contributed by atoms with van der Waals surface area (Å²) in [7, 11) is 0. The summed E-state index contributed by atoms with van der Waals surface area (Å²) in [6.07, 6.45) is 4.34. The fourth-order valence-corrected chi connectivity index (χ4v) is 2.58. The molecule has 6 heteroatoms. The number of nitrogen functional groups attached to an aromatic ring is 1. The Hall–Kier alpha value is -1.95. The zero-order valence-electron chi connectivity index (χ0n) is 12.6. The van der Waals surface area contributed by atoms with Crippen LogP contribution in [0.25, 0.3) is 5.82 Å². The molecule has 0 aliphatic carbocycles. The number of aromatic nitrogens is 4. The van der Waals surface area contributed by atoms with E-state index >= 15 is 0 Å². The zero-order chi connectivity index (χ0) is 14.7. The monoisotopic (exact) mass is 274 g/mol. The molecule has 0 aliphatic rings. The van der Waals surface area contributed by atoms with E-state index in [1.807, 2.05) is 11.6 Å². The summed E-state index contributed by atoms with van der Waals surface area (Å²) in [5, 5.41) is 4.63. The van der Waals surface area contributed by atoms with E-state index in [-0.39, 0.29) is 0 Å². The largest absolute Gasteiger partial charge is 0.308 e. The maximum absolute atomic E-state index is 5.56. The van der Waals surface area contributed by atoms with Crippen LogP contribution in [0.2, 0.25) is 0 Å². The lowest BCUT2D eigenvalue weighted by atomic mass is 10.1. The van der Waals surface area contributed by atoms with Gasteiger partial charge < -0.3 is 5.43 Å². The van der Waals surface area contributed by atoms with E-state index < -0.39 is 0 Å². The molecule has 0 bridgehead atoms. The summed E-state index contributed by atoms with van der Waals surface area (Å²) in [5.74, 6) is 7.04. The number of hydrogen-bond donors (Lipinski definition) is 2. The molecule has 0 aliphatic heterocycles. The van der Waals surface area contributed by atoms with Crippen molar-refractivity contribution in [1.82, 2.24) is 19.7 Å². The number of nitrogens with two attached hydrogens (primary N) is 1. The van der Waals surface area contributed by atoms with Crippen molar-refractivity contribution in [2.75, 3.05) is 5.43 Å². The third-order valence-electron chi connectivity index (χ3n) is 3.55. The van der Waals surface area contributed by atoms with Crippen LogP contribution in [0.3, 0.4) is 0 Å². The molecule has 0 fully saturated rings. The molecule has 3 N–H and O–H groups in total. The van der Waals surface area contributed by atoms with Crippen molar-refractivity contribution in [2.24, 2.45) is 5.84 Å². The molecular formula is C14H22N6. The smallest absolute Gasteiger partial charge is 0.162 e. The average Bonchev–Trinajstić information content (AvgIpc) is 2.74. The molecule has 0 saturated heterocycles. The number of hydrazine groups is 1. The van der Waals surface area contributed by atoms with Gasteiger partial charge in [0.25, 0.3) is 0 Å². The summed E-state index contributed by atoms with van der Waals surface area (Å²) >= 11 is 0. The first-order valence-electron chi connectivity index (χ1n) is 6.99. The molecule has 0 spiro atoms. The Bertz CT molecular complexity index is 602. The van der Waals surface area contributed by atoms with Gasteiger partial charge in [0.15, 0.2) is 5.82 Å². The highest BCUT2D eigenvalue weighted by molar-refractivity contribution is 5.52. The lowest BCUT2D eigenvalue weighted by Gasteiger charge is -2.13. The van der Waals surface area contributed by atoms with Crippen LogP contribution in [-0.2, 0) is 12.8 Å². The second-order valence-corrected chi connectivity index (χ2v) is 4.83. The van der Waals surface area contributed by atoms with Crippen LogP contribution in [-0.4, -0.2) is 19.7 Å². The molecule has 2 aromatic heterocycles. The maximum atomic E-state index is 5.56. The summed E-state index contributed by atoms with van der Waals surface area (Å²) in [6, 6.07) is 0. The number of nitrogens with zero attached hydrogens (tertiary/aromatic N) is 4. The van der Waals surface area contributed by atoms with Crippen LogP contribution in [0.15, 0.2) is 6.33 Å². The summed E-state index contributed by atoms with van der Waals surface area (Å²) in [5.41, 5.74) is 7.11. The van der Waals surface area contributed by atoms with Gasteiger partial charge in [-0.3, -0.25) is 0 Å². The molecule has 0 saturated carbocycles. The van der Waals surface area contributed by atoms with Crippen LogP contribution in [0.5, 0.6) is 0 Å². The number of aryl methyl sites for hydroxylation is 1. The summed E-state index contributed by atoms with van der Waals surface area (Å²) < 4.78 is 1.90. The van der Waals surface area contributed by atoms with Gasteiger partial charge in [0.1, 0.15) is 12.1 Å². The minimum absolute atomic E-state index is 0.669. The Morgan fingerprint density at radius 2 is 1.95 bits per heavy atom. The van der Waals surface area contributed by atoms with Gasteiger partial charge >= 0.3 is 0 Å². The SMILES string of the molecule is CCCc1c(NN)ncnc1-n1nc(C)c(CC)c1C. The molecule has 6 nitrogen and oxygen atoms in total. The molecule has 2 aromatic rings. The molecule has 0 atom stereocenters. The molecular weight excluding hydrogens is 252 g/mol. The number of hydrogen-bond acceptors (Lipinski definition) is 5. The number of rotatable bonds is 5. The van der Waals surface area contributed by atoms with E-state index in [0.717, 1.165) is 42.0 Å². The van der Waals surface area contributed by atoms with Crippen molar-refractivity contribution in [1.29, 1.82) is 0 Å². The van der Waals surface area contributed by atoms with Crippen LogP contribution >= 0.6 is 0 Å². The quantitative estimate of drug-likeness (QED) is 0.644. The van der Waals surface area contributed by atoms with Crippen molar-refractivity contribution >= 4 is 5.82 Å². The first-order chi connectivity index (χ1) is 9.63. The Morgan fingerprint density at radius 1 is 1.20 bits per heavy atom. The van der Waals surface area contributed by atoms with E-state index in [9.17, 15) is 0 Å². The van der Waals surface area contributed by atoms with E-state index in [1.54, 1.807) is 0 Å². The molecule has 2 rings (SSSR count). The first kappa shape index (κ1) is 14.5.